The predicted molar refractivity (Wildman–Crippen MR) is 76.5 cm³/mol. The van der Waals surface area contributed by atoms with Gasteiger partial charge >= 0.3 is 0 Å². The van der Waals surface area contributed by atoms with Gasteiger partial charge in [0, 0.05) is 0 Å². The Labute approximate surface area is 118 Å². The number of aromatic nitrogens is 2. The van der Waals surface area contributed by atoms with Crippen molar-refractivity contribution in [3.8, 4) is 0 Å². The third kappa shape index (κ3) is 3.67. The van der Waals surface area contributed by atoms with Crippen LogP contribution in [0.15, 0.2) is 5.03 Å². The van der Waals surface area contributed by atoms with Gasteiger partial charge in [0.2, 0.25) is 0 Å². The molecule has 0 fully saturated rings. The number of aryl methyl sites for hydroxylation is 2. The van der Waals surface area contributed by atoms with E-state index in [9.17, 15) is 9.90 Å². The Morgan fingerprint density at radius 1 is 1.42 bits per heavy atom. The first-order chi connectivity index (χ1) is 8.86. The van der Waals surface area contributed by atoms with Crippen molar-refractivity contribution in [3.05, 3.63) is 17.1 Å². The topological polar surface area (TPSA) is 75.1 Å². The number of nitrogens with zero attached hydrogens (tertiary/aromatic N) is 2. The predicted octanol–water partition coefficient (Wildman–Crippen LogP) is 1.71. The van der Waals surface area contributed by atoms with Crippen LogP contribution in [0.2, 0.25) is 0 Å². The molecule has 0 aromatic carbocycles. The second-order valence-corrected chi connectivity index (χ2v) is 5.56. The van der Waals surface area contributed by atoms with Crippen LogP contribution >= 0.6 is 11.8 Å². The molecule has 1 atom stereocenters. The van der Waals surface area contributed by atoms with Gasteiger partial charge in [-0.15, -0.1) is 11.8 Å². The maximum atomic E-state index is 12.4. The summed E-state index contributed by atoms with van der Waals surface area (Å²) in [7, 11) is 0. The molecule has 0 aliphatic rings. The van der Waals surface area contributed by atoms with Crippen LogP contribution in [-0.4, -0.2) is 39.4 Å². The first-order valence-electron chi connectivity index (χ1n) is 6.19. The summed E-state index contributed by atoms with van der Waals surface area (Å²) in [5, 5.41) is 12.9. The van der Waals surface area contributed by atoms with E-state index in [1.54, 1.807) is 13.8 Å². The van der Waals surface area contributed by atoms with Gasteiger partial charge in [-0.3, -0.25) is 4.79 Å². The van der Waals surface area contributed by atoms with Crippen LogP contribution in [0.1, 0.15) is 42.1 Å². The van der Waals surface area contributed by atoms with E-state index in [0.29, 0.717) is 28.5 Å². The van der Waals surface area contributed by atoms with Gasteiger partial charge in [-0.2, -0.15) is 0 Å². The van der Waals surface area contributed by atoms with Gasteiger partial charge in [0.15, 0.2) is 0 Å². The van der Waals surface area contributed by atoms with Crippen molar-refractivity contribution in [2.24, 2.45) is 0 Å². The molecule has 0 spiro atoms. The lowest BCUT2D eigenvalue weighted by molar-refractivity contribution is 0.0842. The van der Waals surface area contributed by atoms with Crippen LogP contribution in [0.3, 0.4) is 0 Å². The minimum Gasteiger partial charge on any atom is -0.394 e. The van der Waals surface area contributed by atoms with Crippen LogP contribution in [0.5, 0.6) is 0 Å². The smallest absolute Gasteiger partial charge is 0.256 e. The standard InChI is InChI=1S/C13H21N3O2S/c1-6-13(4,7-17)16-11(18)10-8(2)14-9(3)15-12(10)19-5/h17H,6-7H2,1-5H3,(H,16,18). The van der Waals surface area contributed by atoms with Gasteiger partial charge in [0.05, 0.1) is 23.4 Å². The van der Waals surface area contributed by atoms with E-state index in [2.05, 4.69) is 15.3 Å². The fourth-order valence-corrected chi connectivity index (χ4v) is 2.33. The van der Waals surface area contributed by atoms with E-state index in [4.69, 9.17) is 0 Å². The van der Waals surface area contributed by atoms with Crippen LogP contribution in [0.4, 0.5) is 0 Å². The molecule has 0 saturated carbocycles. The average molecular weight is 283 g/mol. The van der Waals surface area contributed by atoms with Crippen molar-refractivity contribution >= 4 is 17.7 Å². The summed E-state index contributed by atoms with van der Waals surface area (Å²) in [4.78, 5) is 20.9. The lowest BCUT2D eigenvalue weighted by Gasteiger charge is -2.27. The highest BCUT2D eigenvalue weighted by molar-refractivity contribution is 7.98. The highest BCUT2D eigenvalue weighted by Gasteiger charge is 2.26. The molecule has 5 nitrogen and oxygen atoms in total. The maximum absolute atomic E-state index is 12.4. The summed E-state index contributed by atoms with van der Waals surface area (Å²) in [5.74, 6) is 0.416. The Kier molecular flexibility index (Phi) is 5.31. The fraction of sp³-hybridized carbons (Fsp3) is 0.615. The quantitative estimate of drug-likeness (QED) is 0.635. The molecule has 1 amide bonds. The lowest BCUT2D eigenvalue weighted by Crippen LogP contribution is -2.48. The van der Waals surface area contributed by atoms with Gasteiger partial charge in [-0.25, -0.2) is 9.97 Å². The van der Waals surface area contributed by atoms with E-state index < -0.39 is 5.54 Å². The zero-order valence-corrected chi connectivity index (χ0v) is 12.9. The molecule has 0 bridgehead atoms. The number of carbonyl (C=O) groups excluding carboxylic acids is 1. The largest absolute Gasteiger partial charge is 0.394 e. The van der Waals surface area contributed by atoms with E-state index in [1.807, 2.05) is 20.1 Å². The summed E-state index contributed by atoms with van der Waals surface area (Å²) in [6.07, 6.45) is 2.53. The highest BCUT2D eigenvalue weighted by Crippen LogP contribution is 2.21. The number of amides is 1. The van der Waals surface area contributed by atoms with E-state index in [1.165, 1.54) is 11.8 Å². The van der Waals surface area contributed by atoms with Crippen molar-refractivity contribution in [1.29, 1.82) is 0 Å². The van der Waals surface area contributed by atoms with E-state index in [0.717, 1.165) is 0 Å². The normalized spacial score (nSPS) is 14.0. The van der Waals surface area contributed by atoms with Crippen molar-refractivity contribution in [2.75, 3.05) is 12.9 Å². The molecular formula is C13H21N3O2S. The molecule has 19 heavy (non-hydrogen) atoms. The molecule has 0 aliphatic heterocycles. The van der Waals surface area contributed by atoms with Gasteiger partial charge < -0.3 is 10.4 Å². The molecular weight excluding hydrogens is 262 g/mol. The number of thioether (sulfide) groups is 1. The van der Waals surface area contributed by atoms with Crippen molar-refractivity contribution in [2.45, 2.75) is 44.7 Å². The van der Waals surface area contributed by atoms with Crippen molar-refractivity contribution < 1.29 is 9.90 Å². The summed E-state index contributed by atoms with van der Waals surface area (Å²) >= 11 is 1.42. The molecule has 0 saturated heterocycles. The van der Waals surface area contributed by atoms with Crippen LogP contribution in [0.25, 0.3) is 0 Å². The maximum Gasteiger partial charge on any atom is 0.256 e. The zero-order chi connectivity index (χ0) is 14.6. The summed E-state index contributed by atoms with van der Waals surface area (Å²) in [5.41, 5.74) is 0.529. The van der Waals surface area contributed by atoms with E-state index >= 15 is 0 Å². The minimum absolute atomic E-state index is 0.102. The van der Waals surface area contributed by atoms with Crippen LogP contribution in [0, 0.1) is 13.8 Å². The number of nitrogens with one attached hydrogen (secondary N) is 1. The molecule has 0 radical (unpaired) electrons. The monoisotopic (exact) mass is 283 g/mol. The number of aliphatic hydroxyl groups excluding tert-OH is 1. The fourth-order valence-electron chi connectivity index (χ4n) is 1.67. The number of hydrogen-bond acceptors (Lipinski definition) is 5. The molecule has 106 valence electrons. The second kappa shape index (κ2) is 6.34. The Balaban J connectivity index is 3.13. The Hall–Kier alpha value is -1.14. The molecule has 1 aromatic rings. The van der Waals surface area contributed by atoms with E-state index in [-0.39, 0.29) is 12.5 Å². The molecule has 2 N–H and O–H groups in total. The number of rotatable bonds is 5. The molecule has 1 rings (SSSR count). The Morgan fingerprint density at radius 2 is 2.05 bits per heavy atom. The highest BCUT2D eigenvalue weighted by atomic mass is 32.2. The van der Waals surface area contributed by atoms with Crippen molar-refractivity contribution in [3.63, 3.8) is 0 Å². The third-order valence-corrected chi connectivity index (χ3v) is 3.82. The summed E-state index contributed by atoms with van der Waals surface area (Å²) in [6, 6.07) is 0. The van der Waals surface area contributed by atoms with Crippen LogP contribution in [-0.2, 0) is 0 Å². The zero-order valence-electron chi connectivity index (χ0n) is 12.1. The SMILES string of the molecule is CCC(C)(CO)NC(=O)c1c(C)nc(C)nc1SC. The number of carbonyl (C=O) groups is 1. The number of hydrogen-bond donors (Lipinski definition) is 2. The average Bonchev–Trinajstić information content (AvgIpc) is 2.37. The van der Waals surface area contributed by atoms with Gasteiger partial charge in [0.1, 0.15) is 10.9 Å². The summed E-state index contributed by atoms with van der Waals surface area (Å²) < 4.78 is 0. The van der Waals surface area contributed by atoms with Crippen LogP contribution < -0.4 is 5.32 Å². The Morgan fingerprint density at radius 3 is 2.53 bits per heavy atom. The van der Waals surface area contributed by atoms with Gasteiger partial charge in [-0.05, 0) is 33.4 Å². The molecule has 1 unspecified atom stereocenters. The van der Waals surface area contributed by atoms with Crippen molar-refractivity contribution in [1.82, 2.24) is 15.3 Å². The first kappa shape index (κ1) is 15.9. The summed E-state index contributed by atoms with van der Waals surface area (Å²) in [6.45, 7) is 7.23. The molecule has 1 aromatic heterocycles. The minimum atomic E-state index is -0.621. The lowest BCUT2D eigenvalue weighted by atomic mass is 9.99. The third-order valence-electron chi connectivity index (χ3n) is 3.13. The van der Waals surface area contributed by atoms with Gasteiger partial charge in [-0.1, -0.05) is 6.92 Å². The molecule has 1 heterocycles. The molecule has 6 heteroatoms. The Bertz CT molecular complexity index is 473. The van der Waals surface area contributed by atoms with Gasteiger partial charge in [0.25, 0.3) is 5.91 Å². The molecule has 0 aliphatic carbocycles. The number of aliphatic hydroxyl groups is 1. The second-order valence-electron chi connectivity index (χ2n) is 4.77. The first-order valence-corrected chi connectivity index (χ1v) is 7.42.